The first-order valence-electron chi connectivity index (χ1n) is 5.28. The van der Waals surface area contributed by atoms with Gasteiger partial charge in [-0.05, 0) is 12.1 Å². The highest BCUT2D eigenvalue weighted by molar-refractivity contribution is 6.90. The Bertz CT molecular complexity index is 292. The van der Waals surface area contributed by atoms with E-state index in [9.17, 15) is 4.79 Å². The summed E-state index contributed by atoms with van der Waals surface area (Å²) in [5.41, 5.74) is 0. The molecule has 0 unspecified atom stereocenters. The number of hydrogen-bond donors (Lipinski definition) is 0. The molecule has 0 bridgehead atoms. The number of rotatable bonds is 5. The summed E-state index contributed by atoms with van der Waals surface area (Å²) in [5, 5.41) is 1.09. The predicted molar refractivity (Wildman–Crippen MR) is 60.9 cm³/mol. The van der Waals surface area contributed by atoms with Crippen LogP contribution >= 0.6 is 0 Å². The fourth-order valence-corrected chi connectivity index (χ4v) is 5.29. The third kappa shape index (κ3) is 1.82. The third-order valence-electron chi connectivity index (χ3n) is 3.30. The Labute approximate surface area is 86.3 Å². The van der Waals surface area contributed by atoms with Gasteiger partial charge in [0.15, 0.2) is 12.0 Å². The largest absolute Gasteiger partial charge is 0.463 e. The molecule has 1 heterocycles. The van der Waals surface area contributed by atoms with Gasteiger partial charge in [0.1, 0.15) is 8.07 Å². The molecule has 0 amide bonds. The van der Waals surface area contributed by atoms with Crippen molar-refractivity contribution in [3.05, 3.63) is 17.9 Å². The first-order chi connectivity index (χ1) is 6.72. The van der Waals surface area contributed by atoms with E-state index < -0.39 is 8.07 Å². The Morgan fingerprint density at radius 2 is 1.79 bits per heavy atom. The minimum Gasteiger partial charge on any atom is -0.463 e. The predicted octanol–water partition coefficient (Wildman–Crippen LogP) is 2.81. The lowest BCUT2D eigenvalue weighted by Crippen LogP contribution is -2.44. The van der Waals surface area contributed by atoms with Gasteiger partial charge in [0.05, 0.1) is 5.38 Å². The van der Waals surface area contributed by atoms with Crippen LogP contribution in [0.15, 0.2) is 16.5 Å². The normalized spacial score (nSPS) is 11.6. The van der Waals surface area contributed by atoms with Gasteiger partial charge in [0.2, 0.25) is 0 Å². The highest BCUT2D eigenvalue weighted by atomic mass is 28.3. The number of carbonyl (C=O) groups excluding carboxylic acids is 1. The zero-order valence-electron chi connectivity index (χ0n) is 9.17. The van der Waals surface area contributed by atoms with E-state index in [1.807, 2.05) is 6.07 Å². The van der Waals surface area contributed by atoms with Gasteiger partial charge in [-0.25, -0.2) is 0 Å². The maximum Gasteiger partial charge on any atom is 0.185 e. The molecule has 1 rings (SSSR count). The van der Waals surface area contributed by atoms with Crippen molar-refractivity contribution in [2.45, 2.75) is 38.9 Å². The lowest BCUT2D eigenvalue weighted by atomic mass is 10.5. The van der Waals surface area contributed by atoms with Crippen LogP contribution < -0.4 is 5.38 Å². The molecule has 14 heavy (non-hydrogen) atoms. The van der Waals surface area contributed by atoms with Crippen LogP contribution in [0.5, 0.6) is 0 Å². The summed E-state index contributed by atoms with van der Waals surface area (Å²) < 4.78 is 5.56. The van der Waals surface area contributed by atoms with E-state index in [4.69, 9.17) is 4.42 Å². The minimum absolute atomic E-state index is 0.465. The molecule has 1 aromatic rings. The SMILES string of the molecule is CC[Si](CC)(CC)c1ccc(C=O)o1. The molecule has 0 aliphatic carbocycles. The van der Waals surface area contributed by atoms with E-state index in [0.717, 1.165) is 11.7 Å². The average molecular weight is 210 g/mol. The standard InChI is InChI=1S/C11H18O2Si/c1-4-14(5-2,6-3)11-8-7-10(9-12)13-11/h7-9H,4-6H2,1-3H3. The average Bonchev–Trinajstić information content (AvgIpc) is 2.71. The van der Waals surface area contributed by atoms with Crippen LogP contribution in [0.3, 0.4) is 0 Å². The number of hydrogen-bond acceptors (Lipinski definition) is 2. The van der Waals surface area contributed by atoms with Crippen LogP contribution in [-0.4, -0.2) is 14.4 Å². The minimum atomic E-state index is -1.41. The molecule has 0 atom stereocenters. The number of aldehydes is 1. The summed E-state index contributed by atoms with van der Waals surface area (Å²) in [6.07, 6.45) is 0.781. The fraction of sp³-hybridized carbons (Fsp3) is 0.545. The molecule has 0 aliphatic rings. The summed E-state index contributed by atoms with van der Waals surface area (Å²) >= 11 is 0. The van der Waals surface area contributed by atoms with Crippen molar-refractivity contribution >= 4 is 19.7 Å². The van der Waals surface area contributed by atoms with Gasteiger partial charge in [0, 0.05) is 0 Å². The van der Waals surface area contributed by atoms with Crippen molar-refractivity contribution in [1.29, 1.82) is 0 Å². The molecule has 2 nitrogen and oxygen atoms in total. The first-order valence-corrected chi connectivity index (χ1v) is 7.90. The van der Waals surface area contributed by atoms with Crippen LogP contribution in [0, 0.1) is 0 Å². The van der Waals surface area contributed by atoms with E-state index in [2.05, 4.69) is 20.8 Å². The van der Waals surface area contributed by atoms with Gasteiger partial charge in [-0.15, -0.1) is 0 Å². The van der Waals surface area contributed by atoms with Crippen LogP contribution in [0.1, 0.15) is 31.3 Å². The molecule has 0 N–H and O–H groups in total. The molecule has 0 saturated heterocycles. The monoisotopic (exact) mass is 210 g/mol. The quantitative estimate of drug-likeness (QED) is 0.552. The van der Waals surface area contributed by atoms with Crippen molar-refractivity contribution in [3.63, 3.8) is 0 Å². The molecule has 3 heteroatoms. The molecule has 78 valence electrons. The zero-order valence-corrected chi connectivity index (χ0v) is 10.2. The Hall–Kier alpha value is -0.833. The summed E-state index contributed by atoms with van der Waals surface area (Å²) in [6.45, 7) is 6.67. The molecule has 0 saturated carbocycles. The van der Waals surface area contributed by atoms with Gasteiger partial charge in [-0.3, -0.25) is 4.79 Å². The second kappa shape index (κ2) is 4.60. The Morgan fingerprint density at radius 1 is 1.21 bits per heavy atom. The highest BCUT2D eigenvalue weighted by Gasteiger charge is 2.32. The summed E-state index contributed by atoms with van der Waals surface area (Å²) in [6, 6.07) is 7.33. The summed E-state index contributed by atoms with van der Waals surface area (Å²) in [4.78, 5) is 10.5. The van der Waals surface area contributed by atoms with E-state index in [1.54, 1.807) is 6.07 Å². The topological polar surface area (TPSA) is 30.2 Å². The molecular weight excluding hydrogens is 192 g/mol. The highest BCUT2D eigenvalue weighted by Crippen LogP contribution is 2.20. The maximum atomic E-state index is 10.5. The van der Waals surface area contributed by atoms with E-state index >= 15 is 0 Å². The first kappa shape index (κ1) is 11.2. The second-order valence-electron chi connectivity index (χ2n) is 3.66. The molecule has 0 radical (unpaired) electrons. The lowest BCUT2D eigenvalue weighted by molar-refractivity contribution is 0.110. The number of furan rings is 1. The van der Waals surface area contributed by atoms with Crippen molar-refractivity contribution in [1.82, 2.24) is 0 Å². The third-order valence-corrected chi connectivity index (χ3v) is 8.67. The van der Waals surface area contributed by atoms with Crippen LogP contribution in [-0.2, 0) is 0 Å². The Kier molecular flexibility index (Phi) is 3.69. The van der Waals surface area contributed by atoms with Gasteiger partial charge in [-0.2, -0.15) is 0 Å². The van der Waals surface area contributed by atoms with Crippen molar-refractivity contribution < 1.29 is 9.21 Å². The van der Waals surface area contributed by atoms with Crippen molar-refractivity contribution in [2.75, 3.05) is 0 Å². The maximum absolute atomic E-state index is 10.5. The summed E-state index contributed by atoms with van der Waals surface area (Å²) in [7, 11) is -1.41. The van der Waals surface area contributed by atoms with Gasteiger partial charge >= 0.3 is 0 Å². The molecular formula is C11H18O2Si. The Morgan fingerprint density at radius 3 is 2.14 bits per heavy atom. The van der Waals surface area contributed by atoms with Crippen LogP contribution in [0.25, 0.3) is 0 Å². The van der Waals surface area contributed by atoms with E-state index in [1.165, 1.54) is 18.1 Å². The molecule has 0 aliphatic heterocycles. The van der Waals surface area contributed by atoms with Gasteiger partial charge in [0.25, 0.3) is 0 Å². The summed E-state index contributed by atoms with van der Waals surface area (Å²) in [5.74, 6) is 0.465. The fourth-order valence-electron chi connectivity index (χ4n) is 1.97. The number of carbonyl (C=O) groups is 1. The second-order valence-corrected chi connectivity index (χ2v) is 8.84. The van der Waals surface area contributed by atoms with Crippen molar-refractivity contribution in [2.24, 2.45) is 0 Å². The zero-order chi connectivity index (χ0) is 10.6. The molecule has 0 aromatic carbocycles. The smallest absolute Gasteiger partial charge is 0.185 e. The Balaban J connectivity index is 3.04. The van der Waals surface area contributed by atoms with Crippen molar-refractivity contribution in [3.8, 4) is 0 Å². The molecule has 0 spiro atoms. The van der Waals surface area contributed by atoms with Gasteiger partial charge in [-0.1, -0.05) is 38.9 Å². The van der Waals surface area contributed by atoms with E-state index in [-0.39, 0.29) is 0 Å². The molecule has 0 fully saturated rings. The van der Waals surface area contributed by atoms with Crippen LogP contribution in [0.2, 0.25) is 18.1 Å². The van der Waals surface area contributed by atoms with E-state index in [0.29, 0.717) is 5.76 Å². The van der Waals surface area contributed by atoms with Crippen LogP contribution in [0.4, 0.5) is 0 Å². The molecule has 1 aromatic heterocycles. The van der Waals surface area contributed by atoms with Gasteiger partial charge < -0.3 is 4.42 Å². The lowest BCUT2D eigenvalue weighted by Gasteiger charge is -2.24.